The standard InChI is InChI=1S/C12H13N.H2O4S.H2O/c1-8-4-5-12-11(6-8)9(2)7-10(3)13-12;1-5(2,3)4;/h4-7H,1-3H3;(H2,1,2,3,4);1H2. The number of aromatic nitrogens is 1. The lowest BCUT2D eigenvalue weighted by Crippen LogP contribution is -1.89. The van der Waals surface area contributed by atoms with Crippen molar-refractivity contribution >= 4 is 21.3 Å². The first-order chi connectivity index (χ1) is 8.16. The molecule has 0 aliphatic rings. The molecule has 1 aromatic carbocycles. The number of hydrogen-bond acceptors (Lipinski definition) is 3. The average molecular weight is 287 g/mol. The number of benzene rings is 1. The minimum absolute atomic E-state index is 0. The summed E-state index contributed by atoms with van der Waals surface area (Å²) in [6.45, 7) is 6.28. The van der Waals surface area contributed by atoms with E-state index in [1.165, 1.54) is 16.5 Å². The van der Waals surface area contributed by atoms with Gasteiger partial charge in [-0.15, -0.1) is 0 Å². The number of pyridine rings is 1. The highest BCUT2D eigenvalue weighted by molar-refractivity contribution is 7.79. The van der Waals surface area contributed by atoms with Gasteiger partial charge in [0.15, 0.2) is 0 Å². The van der Waals surface area contributed by atoms with Gasteiger partial charge in [0.2, 0.25) is 0 Å². The van der Waals surface area contributed by atoms with Crippen molar-refractivity contribution in [2.75, 3.05) is 0 Å². The van der Waals surface area contributed by atoms with E-state index in [1.54, 1.807) is 0 Å². The van der Waals surface area contributed by atoms with Crippen LogP contribution in [-0.2, 0) is 10.4 Å². The van der Waals surface area contributed by atoms with E-state index in [1.807, 2.05) is 6.92 Å². The Balaban J connectivity index is 0.000000471. The van der Waals surface area contributed by atoms with E-state index in [0.29, 0.717) is 0 Å². The maximum atomic E-state index is 8.74. The van der Waals surface area contributed by atoms with E-state index in [4.69, 9.17) is 17.5 Å². The highest BCUT2D eigenvalue weighted by atomic mass is 32.3. The van der Waals surface area contributed by atoms with Crippen molar-refractivity contribution in [3.63, 3.8) is 0 Å². The molecular weight excluding hydrogens is 270 g/mol. The topological polar surface area (TPSA) is 119 Å². The normalized spacial score (nSPS) is 10.4. The fraction of sp³-hybridized carbons (Fsp3) is 0.250. The average Bonchev–Trinajstić information content (AvgIpc) is 2.16. The van der Waals surface area contributed by atoms with Gasteiger partial charge in [0.1, 0.15) is 0 Å². The van der Waals surface area contributed by atoms with Crippen molar-refractivity contribution < 1.29 is 23.0 Å². The minimum Gasteiger partial charge on any atom is -0.412 e. The summed E-state index contributed by atoms with van der Waals surface area (Å²) in [7, 11) is -4.67. The van der Waals surface area contributed by atoms with Crippen molar-refractivity contribution in [2.24, 2.45) is 0 Å². The maximum absolute atomic E-state index is 8.74. The molecule has 19 heavy (non-hydrogen) atoms. The molecule has 0 amide bonds. The Labute approximate surface area is 112 Å². The Morgan fingerprint density at radius 3 is 2.11 bits per heavy atom. The Morgan fingerprint density at radius 2 is 1.58 bits per heavy atom. The molecule has 0 aliphatic carbocycles. The van der Waals surface area contributed by atoms with E-state index in [9.17, 15) is 0 Å². The van der Waals surface area contributed by atoms with Crippen LogP contribution in [0.2, 0.25) is 0 Å². The molecule has 0 saturated carbocycles. The molecule has 0 spiro atoms. The summed E-state index contributed by atoms with van der Waals surface area (Å²) in [5.74, 6) is 0. The van der Waals surface area contributed by atoms with E-state index < -0.39 is 10.4 Å². The van der Waals surface area contributed by atoms with Gasteiger partial charge in [0.25, 0.3) is 0 Å². The molecule has 4 N–H and O–H groups in total. The molecule has 0 unspecified atom stereocenters. The van der Waals surface area contributed by atoms with Crippen LogP contribution < -0.4 is 0 Å². The van der Waals surface area contributed by atoms with Gasteiger partial charge in [-0.2, -0.15) is 8.42 Å². The van der Waals surface area contributed by atoms with Crippen LogP contribution in [0.15, 0.2) is 24.3 Å². The van der Waals surface area contributed by atoms with Gasteiger partial charge >= 0.3 is 10.4 Å². The summed E-state index contributed by atoms with van der Waals surface area (Å²) in [6, 6.07) is 8.51. The van der Waals surface area contributed by atoms with Crippen molar-refractivity contribution in [2.45, 2.75) is 20.8 Å². The van der Waals surface area contributed by atoms with Crippen LogP contribution in [0.5, 0.6) is 0 Å². The molecular formula is C12H17NO5S. The molecule has 0 fully saturated rings. The molecule has 0 saturated heterocycles. The van der Waals surface area contributed by atoms with E-state index >= 15 is 0 Å². The summed E-state index contributed by atoms with van der Waals surface area (Å²) in [5.41, 5.74) is 4.80. The monoisotopic (exact) mass is 287 g/mol. The summed E-state index contributed by atoms with van der Waals surface area (Å²) < 4.78 is 31.6. The van der Waals surface area contributed by atoms with Gasteiger partial charge < -0.3 is 5.48 Å². The lowest BCUT2D eigenvalue weighted by molar-refractivity contribution is 0.381. The van der Waals surface area contributed by atoms with Crippen LogP contribution in [0.25, 0.3) is 10.9 Å². The predicted octanol–water partition coefficient (Wildman–Crippen LogP) is 1.68. The Kier molecular flexibility index (Phi) is 6.04. The number of fused-ring (bicyclic) bond motifs is 1. The highest BCUT2D eigenvalue weighted by Gasteiger charge is 1.99. The van der Waals surface area contributed by atoms with Crippen LogP contribution >= 0.6 is 0 Å². The van der Waals surface area contributed by atoms with Gasteiger partial charge in [-0.25, -0.2) is 0 Å². The molecule has 2 rings (SSSR count). The van der Waals surface area contributed by atoms with Crippen LogP contribution in [0.1, 0.15) is 16.8 Å². The Morgan fingerprint density at radius 1 is 1.05 bits per heavy atom. The van der Waals surface area contributed by atoms with Crippen LogP contribution in [-0.4, -0.2) is 28.0 Å². The maximum Gasteiger partial charge on any atom is 0.394 e. The van der Waals surface area contributed by atoms with Gasteiger partial charge in [-0.05, 0) is 44.5 Å². The van der Waals surface area contributed by atoms with Gasteiger partial charge in [0.05, 0.1) is 5.52 Å². The molecule has 6 nitrogen and oxygen atoms in total. The highest BCUT2D eigenvalue weighted by Crippen LogP contribution is 2.18. The van der Waals surface area contributed by atoms with E-state index in [-0.39, 0.29) is 5.48 Å². The zero-order valence-electron chi connectivity index (χ0n) is 10.9. The summed E-state index contributed by atoms with van der Waals surface area (Å²) in [5, 5.41) is 1.27. The quantitative estimate of drug-likeness (QED) is 0.714. The molecule has 0 bridgehead atoms. The lowest BCUT2D eigenvalue weighted by atomic mass is 10.1. The number of nitrogens with zero attached hydrogens (tertiary/aromatic N) is 1. The molecule has 106 valence electrons. The second-order valence-corrected chi connectivity index (χ2v) is 4.94. The second-order valence-electron chi connectivity index (χ2n) is 4.05. The third-order valence-corrected chi connectivity index (χ3v) is 2.30. The molecule has 0 atom stereocenters. The van der Waals surface area contributed by atoms with Crippen molar-refractivity contribution in [1.29, 1.82) is 0 Å². The first-order valence-electron chi connectivity index (χ1n) is 5.21. The number of aryl methyl sites for hydroxylation is 3. The number of rotatable bonds is 0. The van der Waals surface area contributed by atoms with Gasteiger partial charge in [-0.3, -0.25) is 14.1 Å². The van der Waals surface area contributed by atoms with Crippen molar-refractivity contribution in [1.82, 2.24) is 4.98 Å². The molecule has 1 heterocycles. The van der Waals surface area contributed by atoms with Crippen LogP contribution in [0.3, 0.4) is 0 Å². The summed E-state index contributed by atoms with van der Waals surface area (Å²) in [4.78, 5) is 4.48. The third kappa shape index (κ3) is 6.25. The van der Waals surface area contributed by atoms with Crippen LogP contribution in [0.4, 0.5) is 0 Å². The zero-order chi connectivity index (χ0) is 13.9. The van der Waals surface area contributed by atoms with Crippen molar-refractivity contribution in [3.8, 4) is 0 Å². The number of hydrogen-bond donors (Lipinski definition) is 2. The zero-order valence-corrected chi connectivity index (χ0v) is 11.7. The van der Waals surface area contributed by atoms with E-state index in [0.717, 1.165) is 11.2 Å². The van der Waals surface area contributed by atoms with Crippen molar-refractivity contribution in [3.05, 3.63) is 41.1 Å². The fourth-order valence-corrected chi connectivity index (χ4v) is 1.68. The van der Waals surface area contributed by atoms with Gasteiger partial charge in [-0.1, -0.05) is 11.6 Å². The second kappa shape index (κ2) is 6.58. The molecule has 0 radical (unpaired) electrons. The summed E-state index contributed by atoms with van der Waals surface area (Å²) >= 11 is 0. The fourth-order valence-electron chi connectivity index (χ4n) is 1.68. The molecule has 0 aliphatic heterocycles. The summed E-state index contributed by atoms with van der Waals surface area (Å²) in [6.07, 6.45) is 0. The first kappa shape index (κ1) is 17.5. The molecule has 7 heteroatoms. The third-order valence-electron chi connectivity index (χ3n) is 2.30. The van der Waals surface area contributed by atoms with E-state index in [2.05, 4.69) is 43.1 Å². The smallest absolute Gasteiger partial charge is 0.394 e. The lowest BCUT2D eigenvalue weighted by Gasteiger charge is -2.03. The van der Waals surface area contributed by atoms with Crippen LogP contribution in [0, 0.1) is 20.8 Å². The molecule has 1 aromatic heterocycles. The van der Waals surface area contributed by atoms with Gasteiger partial charge in [0, 0.05) is 11.1 Å². The molecule has 2 aromatic rings. The minimum atomic E-state index is -4.67. The predicted molar refractivity (Wildman–Crippen MR) is 73.7 cm³/mol. The SMILES string of the molecule is Cc1ccc2nc(C)cc(C)c2c1.O.O=S(=O)(O)O. The Hall–Kier alpha value is -1.54. The first-order valence-corrected chi connectivity index (χ1v) is 6.61. The Bertz CT molecular complexity index is 659. The largest absolute Gasteiger partial charge is 0.412 e.